The van der Waals surface area contributed by atoms with Gasteiger partial charge in [-0.25, -0.2) is 0 Å². The van der Waals surface area contributed by atoms with Crippen LogP contribution in [0.1, 0.15) is 85.6 Å². The molecule has 0 aromatic heterocycles. The van der Waals surface area contributed by atoms with Crippen LogP contribution in [0.15, 0.2) is 24.3 Å². The topological polar surface area (TPSA) is 72.8 Å². The zero-order chi connectivity index (χ0) is 22.1. The van der Waals surface area contributed by atoms with Crippen LogP contribution < -0.4 is 0 Å². The quantitative estimate of drug-likeness (QED) is 0.486. The van der Waals surface area contributed by atoms with Crippen molar-refractivity contribution >= 4 is 11.9 Å². The van der Waals surface area contributed by atoms with E-state index < -0.39 is 11.2 Å². The first-order valence-electron chi connectivity index (χ1n) is 10.6. The first-order chi connectivity index (χ1) is 13.4. The number of carbonyl (C=O) groups is 2. The van der Waals surface area contributed by atoms with Crippen LogP contribution in [-0.4, -0.2) is 28.2 Å². The fourth-order valence-corrected chi connectivity index (χ4v) is 3.03. The van der Waals surface area contributed by atoms with Gasteiger partial charge in [-0.3, -0.25) is 9.59 Å². The third-order valence-electron chi connectivity index (χ3n) is 4.69. The summed E-state index contributed by atoms with van der Waals surface area (Å²) in [6.45, 7) is 11.4. The van der Waals surface area contributed by atoms with Crippen molar-refractivity contribution in [3.8, 4) is 5.75 Å². The fraction of sp³-hybridized carbons (Fsp3) is 0.667. The predicted molar refractivity (Wildman–Crippen MR) is 115 cm³/mol. The van der Waals surface area contributed by atoms with Crippen molar-refractivity contribution in [1.82, 2.24) is 0 Å². The SMILES string of the molecule is CCCCC(CCC(=O)OC(C)(C)C)C(=O)OC(C)(C)CCc1ccc(O)cc1. The molecule has 1 aromatic carbocycles. The number of unbranched alkanes of at least 4 members (excludes halogenated alkanes) is 1. The summed E-state index contributed by atoms with van der Waals surface area (Å²) >= 11 is 0. The molecular weight excluding hydrogens is 368 g/mol. The summed E-state index contributed by atoms with van der Waals surface area (Å²) in [5.41, 5.74) is -0.0441. The molecule has 0 heterocycles. The van der Waals surface area contributed by atoms with Crippen LogP contribution in [0.25, 0.3) is 0 Å². The number of esters is 2. The highest BCUT2D eigenvalue weighted by molar-refractivity contribution is 5.75. The second kappa shape index (κ2) is 11.2. The summed E-state index contributed by atoms with van der Waals surface area (Å²) in [5, 5.41) is 9.39. The molecule has 164 valence electrons. The minimum atomic E-state index is -0.606. The molecule has 0 spiro atoms. The van der Waals surface area contributed by atoms with Crippen LogP contribution in [0.5, 0.6) is 5.75 Å². The summed E-state index contributed by atoms with van der Waals surface area (Å²) in [6, 6.07) is 7.06. The Hall–Kier alpha value is -2.04. The van der Waals surface area contributed by atoms with E-state index in [1.54, 1.807) is 12.1 Å². The van der Waals surface area contributed by atoms with Gasteiger partial charge in [0.2, 0.25) is 0 Å². The van der Waals surface area contributed by atoms with Gasteiger partial charge in [0.1, 0.15) is 17.0 Å². The van der Waals surface area contributed by atoms with Gasteiger partial charge in [0.25, 0.3) is 0 Å². The molecule has 0 aliphatic carbocycles. The number of aromatic hydroxyl groups is 1. The molecule has 0 saturated heterocycles. The summed E-state index contributed by atoms with van der Waals surface area (Å²) in [6.07, 6.45) is 4.71. The second-order valence-electron chi connectivity index (χ2n) is 9.31. The molecular formula is C24H38O5. The third kappa shape index (κ3) is 10.9. The predicted octanol–water partition coefficient (Wildman–Crippen LogP) is 5.57. The average molecular weight is 407 g/mol. The largest absolute Gasteiger partial charge is 0.508 e. The van der Waals surface area contributed by atoms with Gasteiger partial charge >= 0.3 is 11.9 Å². The van der Waals surface area contributed by atoms with Gasteiger partial charge in [-0.15, -0.1) is 0 Å². The summed E-state index contributed by atoms with van der Waals surface area (Å²) in [5.74, 6) is -0.574. The highest BCUT2D eigenvalue weighted by Gasteiger charge is 2.29. The Bertz CT molecular complexity index is 640. The molecule has 5 heteroatoms. The number of benzene rings is 1. The average Bonchev–Trinajstić information content (AvgIpc) is 2.59. The van der Waals surface area contributed by atoms with E-state index in [4.69, 9.17) is 9.47 Å². The minimum absolute atomic E-state index is 0.217. The van der Waals surface area contributed by atoms with E-state index >= 15 is 0 Å². The van der Waals surface area contributed by atoms with Crippen molar-refractivity contribution in [3.63, 3.8) is 0 Å². The highest BCUT2D eigenvalue weighted by atomic mass is 16.6. The zero-order valence-electron chi connectivity index (χ0n) is 18.9. The van der Waals surface area contributed by atoms with Crippen LogP contribution in [0.4, 0.5) is 0 Å². The van der Waals surface area contributed by atoms with Gasteiger partial charge in [0, 0.05) is 6.42 Å². The molecule has 1 rings (SSSR count). The summed E-state index contributed by atoms with van der Waals surface area (Å²) < 4.78 is 11.2. The number of phenolic OH excluding ortho intramolecular Hbond substituents is 1. The van der Waals surface area contributed by atoms with Crippen molar-refractivity contribution in [1.29, 1.82) is 0 Å². The molecule has 1 aromatic rings. The minimum Gasteiger partial charge on any atom is -0.508 e. The Morgan fingerprint density at radius 1 is 1.00 bits per heavy atom. The Morgan fingerprint density at radius 2 is 1.62 bits per heavy atom. The van der Waals surface area contributed by atoms with Crippen molar-refractivity contribution in [2.75, 3.05) is 0 Å². The number of hydrogen-bond acceptors (Lipinski definition) is 5. The van der Waals surface area contributed by atoms with Gasteiger partial charge in [0.15, 0.2) is 0 Å². The maximum absolute atomic E-state index is 12.8. The lowest BCUT2D eigenvalue weighted by atomic mass is 9.95. The van der Waals surface area contributed by atoms with E-state index in [1.807, 2.05) is 46.8 Å². The Morgan fingerprint density at radius 3 is 2.17 bits per heavy atom. The van der Waals surface area contributed by atoms with Gasteiger partial charge in [-0.05, 0) is 78.0 Å². The van der Waals surface area contributed by atoms with E-state index in [1.165, 1.54) is 0 Å². The van der Waals surface area contributed by atoms with Crippen LogP contribution in [-0.2, 0) is 25.5 Å². The van der Waals surface area contributed by atoms with Gasteiger partial charge in [0.05, 0.1) is 5.92 Å². The van der Waals surface area contributed by atoms with E-state index in [-0.39, 0.29) is 30.0 Å². The molecule has 0 fully saturated rings. The van der Waals surface area contributed by atoms with Crippen molar-refractivity contribution in [2.24, 2.45) is 5.92 Å². The van der Waals surface area contributed by atoms with E-state index in [9.17, 15) is 14.7 Å². The van der Waals surface area contributed by atoms with Crippen molar-refractivity contribution in [3.05, 3.63) is 29.8 Å². The highest BCUT2D eigenvalue weighted by Crippen LogP contribution is 2.25. The van der Waals surface area contributed by atoms with Crippen molar-refractivity contribution < 1.29 is 24.2 Å². The summed E-state index contributed by atoms with van der Waals surface area (Å²) in [4.78, 5) is 24.8. The molecule has 0 radical (unpaired) electrons. The normalized spacial score (nSPS) is 13.0. The van der Waals surface area contributed by atoms with Crippen LogP contribution >= 0.6 is 0 Å². The molecule has 0 aliphatic heterocycles. The Balaban J connectivity index is 2.62. The van der Waals surface area contributed by atoms with Gasteiger partial charge in [-0.2, -0.15) is 0 Å². The van der Waals surface area contributed by atoms with Gasteiger partial charge < -0.3 is 14.6 Å². The molecule has 0 amide bonds. The first-order valence-corrected chi connectivity index (χ1v) is 10.6. The van der Waals surface area contributed by atoms with E-state index in [0.29, 0.717) is 19.3 Å². The van der Waals surface area contributed by atoms with Crippen molar-refractivity contribution in [2.45, 2.75) is 97.7 Å². The number of rotatable bonds is 11. The van der Waals surface area contributed by atoms with E-state index in [0.717, 1.165) is 24.8 Å². The number of aryl methyl sites for hydroxylation is 1. The molecule has 0 saturated carbocycles. The first kappa shape index (κ1) is 25.0. The smallest absolute Gasteiger partial charge is 0.309 e. The Kier molecular flexibility index (Phi) is 9.67. The molecule has 0 bridgehead atoms. The van der Waals surface area contributed by atoms with Gasteiger partial charge in [-0.1, -0.05) is 31.9 Å². The Labute approximate surface area is 175 Å². The molecule has 29 heavy (non-hydrogen) atoms. The molecule has 5 nitrogen and oxygen atoms in total. The monoisotopic (exact) mass is 406 g/mol. The lowest BCUT2D eigenvalue weighted by molar-refractivity contribution is -0.163. The lowest BCUT2D eigenvalue weighted by Crippen LogP contribution is -2.32. The maximum atomic E-state index is 12.8. The maximum Gasteiger partial charge on any atom is 0.309 e. The number of ether oxygens (including phenoxy) is 2. The third-order valence-corrected chi connectivity index (χ3v) is 4.69. The molecule has 0 aliphatic rings. The number of phenols is 1. The summed E-state index contributed by atoms with van der Waals surface area (Å²) in [7, 11) is 0. The molecule has 1 N–H and O–H groups in total. The second-order valence-corrected chi connectivity index (χ2v) is 9.31. The van der Waals surface area contributed by atoms with Crippen LogP contribution in [0, 0.1) is 5.92 Å². The van der Waals surface area contributed by atoms with Crippen LogP contribution in [0.2, 0.25) is 0 Å². The van der Waals surface area contributed by atoms with Crippen LogP contribution in [0.3, 0.4) is 0 Å². The van der Waals surface area contributed by atoms with E-state index in [2.05, 4.69) is 6.92 Å². The fourth-order valence-electron chi connectivity index (χ4n) is 3.03. The zero-order valence-corrected chi connectivity index (χ0v) is 18.9. The molecule has 1 unspecified atom stereocenters. The lowest BCUT2D eigenvalue weighted by Gasteiger charge is -2.28. The number of carbonyl (C=O) groups excluding carboxylic acids is 2. The standard InChI is InChI=1S/C24H38O5/c1-7-8-9-19(12-15-21(26)28-23(2,3)4)22(27)29-24(5,6)17-16-18-10-13-20(25)14-11-18/h10-11,13-14,19,25H,7-9,12,15-17H2,1-6H3. The molecule has 1 atom stereocenters. The number of hydrogen-bond donors (Lipinski definition) is 1.